The molecule has 0 aromatic heterocycles. The van der Waals surface area contributed by atoms with Gasteiger partial charge in [-0.3, -0.25) is 0 Å². The maximum atomic E-state index is 6.56. The number of nitrogens with two attached hydrogens (primary N) is 1. The third-order valence-electron chi connectivity index (χ3n) is 6.49. The summed E-state index contributed by atoms with van der Waals surface area (Å²) in [6, 6.07) is 18.8. The van der Waals surface area contributed by atoms with E-state index in [0.29, 0.717) is 5.92 Å². The first-order valence-corrected chi connectivity index (χ1v) is 12.1. The molecule has 34 heavy (non-hydrogen) atoms. The fourth-order valence-electron chi connectivity index (χ4n) is 4.74. The van der Waals surface area contributed by atoms with E-state index in [1.54, 1.807) is 0 Å². The van der Waals surface area contributed by atoms with Crippen LogP contribution < -0.4 is 11.2 Å². The summed E-state index contributed by atoms with van der Waals surface area (Å²) in [6.45, 7) is 6.47. The summed E-state index contributed by atoms with van der Waals surface area (Å²) in [5, 5.41) is 1.93. The number of benzene rings is 2. The Labute approximate surface area is 203 Å². The normalized spacial score (nSPS) is 24.3. The summed E-state index contributed by atoms with van der Waals surface area (Å²) in [4.78, 5) is 9.59. The van der Waals surface area contributed by atoms with Gasteiger partial charge in [0.25, 0.3) is 0 Å². The molecule has 0 amide bonds. The van der Waals surface area contributed by atoms with Gasteiger partial charge in [-0.1, -0.05) is 68.4 Å². The van der Waals surface area contributed by atoms with E-state index in [9.17, 15) is 0 Å². The number of rotatable bonds is 7. The molecule has 2 aromatic rings. The lowest BCUT2D eigenvalue weighted by Gasteiger charge is -2.44. The maximum absolute atomic E-state index is 6.56. The number of nitrogens with one attached hydrogen (secondary N) is 1. The highest BCUT2D eigenvalue weighted by Gasteiger charge is 2.39. The minimum absolute atomic E-state index is 0.173. The number of nitrogens with zero attached hydrogens (tertiary/aromatic N) is 3. The number of hydrogen-bond acceptors (Lipinski definition) is 5. The summed E-state index contributed by atoms with van der Waals surface area (Å²) in [6.07, 6.45) is 11.0. The smallest absolute Gasteiger partial charge is 0.157 e. The van der Waals surface area contributed by atoms with Crippen molar-refractivity contribution >= 4 is 18.0 Å². The molecule has 5 nitrogen and oxygen atoms in total. The standard InChI is InChI=1S/C29H35N5/c1-5-9-27-32-20-25(16-22(3)24-10-7-6-8-11-24)28(34(27)31-4)33-19-23-12-14-26(15-13-23)29(30)17-21(2)18-29/h6-16,19-21,31H,5,17-18,30H2,1-4H3/b22-16+,27-9-,33-19+. The lowest BCUT2D eigenvalue weighted by atomic mass is 9.66. The van der Waals surface area contributed by atoms with Gasteiger partial charge in [-0.2, -0.15) is 0 Å². The fraction of sp³-hybridized carbons (Fsp3) is 0.310. The predicted molar refractivity (Wildman–Crippen MR) is 143 cm³/mol. The van der Waals surface area contributed by atoms with E-state index in [0.717, 1.165) is 47.6 Å². The first-order chi connectivity index (χ1) is 16.4. The minimum atomic E-state index is -0.173. The van der Waals surface area contributed by atoms with E-state index in [-0.39, 0.29) is 5.54 Å². The molecule has 1 saturated carbocycles. The van der Waals surface area contributed by atoms with E-state index in [1.165, 1.54) is 11.1 Å². The van der Waals surface area contributed by atoms with Crippen LogP contribution in [0.1, 0.15) is 56.7 Å². The second-order valence-corrected chi connectivity index (χ2v) is 9.31. The quantitative estimate of drug-likeness (QED) is 0.523. The number of allylic oxidation sites excluding steroid dienone is 4. The molecule has 0 radical (unpaired) electrons. The Morgan fingerprint density at radius 1 is 1.18 bits per heavy atom. The monoisotopic (exact) mass is 453 g/mol. The van der Waals surface area contributed by atoms with Crippen molar-refractivity contribution < 1.29 is 0 Å². The second kappa shape index (κ2) is 10.3. The molecule has 0 unspecified atom stereocenters. The van der Waals surface area contributed by atoms with E-state index >= 15 is 0 Å². The van der Waals surface area contributed by atoms with Crippen LogP contribution in [0.5, 0.6) is 0 Å². The average molecular weight is 454 g/mol. The summed E-state index contributed by atoms with van der Waals surface area (Å²) in [5.41, 5.74) is 15.2. The van der Waals surface area contributed by atoms with Gasteiger partial charge in [-0.25, -0.2) is 20.4 Å². The van der Waals surface area contributed by atoms with E-state index in [2.05, 4.69) is 91.9 Å². The molecule has 2 aromatic carbocycles. The van der Waals surface area contributed by atoms with Crippen molar-refractivity contribution in [3.05, 3.63) is 101 Å². The van der Waals surface area contributed by atoms with E-state index in [4.69, 9.17) is 10.7 Å². The van der Waals surface area contributed by atoms with Gasteiger partial charge in [-0.05, 0) is 66.5 Å². The Kier molecular flexibility index (Phi) is 7.25. The summed E-state index contributed by atoms with van der Waals surface area (Å²) >= 11 is 0. The highest BCUT2D eigenvalue weighted by molar-refractivity contribution is 5.90. The van der Waals surface area contributed by atoms with Gasteiger partial charge in [0.15, 0.2) is 5.82 Å². The zero-order chi connectivity index (χ0) is 24.1. The maximum Gasteiger partial charge on any atom is 0.157 e. The predicted octanol–water partition coefficient (Wildman–Crippen LogP) is 5.78. The van der Waals surface area contributed by atoms with Gasteiger partial charge in [0.05, 0.1) is 0 Å². The first kappa shape index (κ1) is 23.9. The van der Waals surface area contributed by atoms with Gasteiger partial charge in [0, 0.05) is 30.6 Å². The molecule has 0 atom stereocenters. The van der Waals surface area contributed by atoms with E-state index < -0.39 is 0 Å². The Hall–Kier alpha value is -3.28. The molecular weight excluding hydrogens is 418 g/mol. The molecule has 3 N–H and O–H groups in total. The SMILES string of the molecule is CC/C=C1/N=CC(/C=C(\C)c2ccccc2)=C(/N=C/c2ccc(C3(N)CC(C)C3)cc2)N1NC. The Morgan fingerprint density at radius 2 is 1.88 bits per heavy atom. The lowest BCUT2D eigenvalue weighted by molar-refractivity contribution is 0.164. The molecule has 0 bridgehead atoms. The first-order valence-electron chi connectivity index (χ1n) is 12.1. The van der Waals surface area contributed by atoms with Crippen molar-refractivity contribution in [2.24, 2.45) is 21.6 Å². The third kappa shape index (κ3) is 5.11. The lowest BCUT2D eigenvalue weighted by Crippen LogP contribution is -2.47. The highest BCUT2D eigenvalue weighted by atomic mass is 15.6. The number of hydrogen-bond donors (Lipinski definition) is 2. The van der Waals surface area contributed by atoms with Gasteiger partial charge in [0.2, 0.25) is 0 Å². The minimum Gasteiger partial charge on any atom is -0.321 e. The molecule has 5 heteroatoms. The van der Waals surface area contributed by atoms with Crippen molar-refractivity contribution in [2.45, 2.75) is 45.6 Å². The topological polar surface area (TPSA) is 66.0 Å². The van der Waals surface area contributed by atoms with Crippen molar-refractivity contribution in [3.63, 3.8) is 0 Å². The third-order valence-corrected chi connectivity index (χ3v) is 6.49. The highest BCUT2D eigenvalue weighted by Crippen LogP contribution is 2.43. The Bertz CT molecular complexity index is 1150. The number of hydrazine groups is 1. The summed E-state index contributed by atoms with van der Waals surface area (Å²) in [5.74, 6) is 2.35. The van der Waals surface area contributed by atoms with Crippen LogP contribution in [0, 0.1) is 5.92 Å². The van der Waals surface area contributed by atoms with Crippen LogP contribution in [0.2, 0.25) is 0 Å². The Morgan fingerprint density at radius 3 is 2.50 bits per heavy atom. The second-order valence-electron chi connectivity index (χ2n) is 9.31. The summed E-state index contributed by atoms with van der Waals surface area (Å²) in [7, 11) is 1.89. The van der Waals surface area contributed by atoms with E-state index in [1.807, 2.05) is 30.6 Å². The molecular formula is C29H35N5. The largest absolute Gasteiger partial charge is 0.321 e. The van der Waals surface area contributed by atoms with Crippen LogP contribution in [0.25, 0.3) is 5.57 Å². The molecule has 0 saturated heterocycles. The van der Waals surface area contributed by atoms with Crippen LogP contribution in [-0.2, 0) is 5.54 Å². The zero-order valence-corrected chi connectivity index (χ0v) is 20.6. The Balaban J connectivity index is 1.67. The van der Waals surface area contributed by atoms with Crippen molar-refractivity contribution in [3.8, 4) is 0 Å². The van der Waals surface area contributed by atoms with Crippen LogP contribution in [-0.4, -0.2) is 24.5 Å². The van der Waals surface area contributed by atoms with Crippen LogP contribution in [0.15, 0.2) is 93.9 Å². The van der Waals surface area contributed by atoms with Gasteiger partial charge >= 0.3 is 0 Å². The molecule has 2 aliphatic rings. The van der Waals surface area contributed by atoms with Crippen molar-refractivity contribution in [2.75, 3.05) is 7.05 Å². The summed E-state index contributed by atoms with van der Waals surface area (Å²) < 4.78 is 0. The van der Waals surface area contributed by atoms with Crippen LogP contribution >= 0.6 is 0 Å². The molecule has 1 aliphatic carbocycles. The van der Waals surface area contributed by atoms with Crippen LogP contribution in [0.3, 0.4) is 0 Å². The average Bonchev–Trinajstić information content (AvgIpc) is 2.84. The molecule has 0 spiro atoms. The molecule has 176 valence electrons. The van der Waals surface area contributed by atoms with Gasteiger partial charge in [-0.15, -0.1) is 0 Å². The zero-order valence-electron chi connectivity index (χ0n) is 20.6. The molecule has 1 fully saturated rings. The number of aliphatic imine (C=N–C) groups is 2. The molecule has 1 aliphatic heterocycles. The van der Waals surface area contributed by atoms with Crippen molar-refractivity contribution in [1.29, 1.82) is 0 Å². The van der Waals surface area contributed by atoms with Crippen LogP contribution in [0.4, 0.5) is 0 Å². The molecule has 4 rings (SSSR count). The van der Waals surface area contributed by atoms with Gasteiger partial charge in [0.1, 0.15) is 5.82 Å². The van der Waals surface area contributed by atoms with Gasteiger partial charge < -0.3 is 5.73 Å². The van der Waals surface area contributed by atoms with Crippen molar-refractivity contribution in [1.82, 2.24) is 10.4 Å². The fourth-order valence-corrected chi connectivity index (χ4v) is 4.74. The molecule has 1 heterocycles.